The van der Waals surface area contributed by atoms with Gasteiger partial charge in [0.05, 0.1) is 12.1 Å². The van der Waals surface area contributed by atoms with Gasteiger partial charge in [0.2, 0.25) is 0 Å². The maximum Gasteiger partial charge on any atom is 0.183 e. The molecule has 0 spiro atoms. The first-order valence-electron chi connectivity index (χ1n) is 6.00. The first-order valence-corrected chi connectivity index (χ1v) is 6.37. The number of hydrogen-bond donors (Lipinski definition) is 1. The molecular weight excluding hydrogens is 255 g/mol. The molecule has 1 aliphatic heterocycles. The van der Waals surface area contributed by atoms with Crippen LogP contribution in [0, 0.1) is 11.7 Å². The second kappa shape index (κ2) is 5.43. The number of nitrogens with two attached hydrogens (primary N) is 1. The molecule has 1 aromatic carbocycles. The van der Waals surface area contributed by atoms with Gasteiger partial charge in [-0.15, -0.1) is 0 Å². The van der Waals surface area contributed by atoms with Crippen LogP contribution in [0.3, 0.4) is 0 Å². The molecule has 0 aliphatic carbocycles. The molecule has 1 fully saturated rings. The van der Waals surface area contributed by atoms with Crippen molar-refractivity contribution in [2.75, 3.05) is 27.2 Å². The van der Waals surface area contributed by atoms with E-state index in [-0.39, 0.29) is 16.8 Å². The van der Waals surface area contributed by atoms with Crippen molar-refractivity contribution in [1.29, 1.82) is 0 Å². The predicted octanol–water partition coefficient (Wildman–Crippen LogP) is 2.44. The molecule has 1 heterocycles. The molecule has 0 bridgehead atoms. The monoisotopic (exact) mass is 272 g/mol. The van der Waals surface area contributed by atoms with Gasteiger partial charge < -0.3 is 10.5 Å². The minimum absolute atomic E-state index is 0.106. The molecule has 2 N–H and O–H groups in total. The summed E-state index contributed by atoms with van der Waals surface area (Å²) < 4.78 is 18.6. The lowest BCUT2D eigenvalue weighted by Crippen LogP contribution is -2.20. The molecule has 2 unspecified atom stereocenters. The van der Waals surface area contributed by atoms with Crippen LogP contribution in [-0.2, 0) is 0 Å². The van der Waals surface area contributed by atoms with E-state index in [1.54, 1.807) is 12.1 Å². The zero-order valence-electron chi connectivity index (χ0n) is 10.6. The third-order valence-corrected chi connectivity index (χ3v) is 3.87. The fourth-order valence-corrected chi connectivity index (χ4v) is 2.81. The second-order valence-electron chi connectivity index (χ2n) is 4.81. The van der Waals surface area contributed by atoms with Crippen molar-refractivity contribution in [2.24, 2.45) is 11.7 Å². The van der Waals surface area contributed by atoms with Crippen LogP contribution >= 0.6 is 11.6 Å². The van der Waals surface area contributed by atoms with Gasteiger partial charge in [0.15, 0.2) is 11.6 Å². The predicted molar refractivity (Wildman–Crippen MR) is 70.5 cm³/mol. The van der Waals surface area contributed by atoms with Gasteiger partial charge in [-0.1, -0.05) is 11.6 Å². The number of hydrogen-bond acceptors (Lipinski definition) is 3. The topological polar surface area (TPSA) is 38.5 Å². The molecule has 2 atom stereocenters. The Morgan fingerprint density at radius 3 is 2.83 bits per heavy atom. The van der Waals surface area contributed by atoms with Crippen LogP contribution in [0.2, 0.25) is 5.02 Å². The number of ether oxygens (including phenoxy) is 1. The molecule has 100 valence electrons. The van der Waals surface area contributed by atoms with Crippen LogP contribution in [0.5, 0.6) is 5.75 Å². The van der Waals surface area contributed by atoms with Crippen molar-refractivity contribution >= 4 is 11.6 Å². The van der Waals surface area contributed by atoms with Gasteiger partial charge in [0.1, 0.15) is 0 Å². The summed E-state index contributed by atoms with van der Waals surface area (Å²) in [6.07, 6.45) is 0.970. The Balaban J connectivity index is 2.31. The first kappa shape index (κ1) is 13.6. The Bertz CT molecular complexity index is 441. The second-order valence-corrected chi connectivity index (χ2v) is 5.22. The van der Waals surface area contributed by atoms with Gasteiger partial charge in [-0.3, -0.25) is 4.90 Å². The third kappa shape index (κ3) is 2.46. The van der Waals surface area contributed by atoms with Crippen molar-refractivity contribution in [3.63, 3.8) is 0 Å². The van der Waals surface area contributed by atoms with Crippen molar-refractivity contribution in [1.82, 2.24) is 4.90 Å². The lowest BCUT2D eigenvalue weighted by atomic mass is 9.99. The molecule has 3 nitrogen and oxygen atoms in total. The van der Waals surface area contributed by atoms with Crippen LogP contribution in [0.1, 0.15) is 18.0 Å². The first-order chi connectivity index (χ1) is 8.56. The Hall–Kier alpha value is -0.840. The van der Waals surface area contributed by atoms with Crippen LogP contribution in [-0.4, -0.2) is 32.1 Å². The lowest BCUT2D eigenvalue weighted by Gasteiger charge is -2.20. The summed E-state index contributed by atoms with van der Waals surface area (Å²) in [5.41, 5.74) is 6.69. The SMILES string of the molecule is COc1cc(C2CC(CN)CN2C)cc(Cl)c1F. The molecule has 18 heavy (non-hydrogen) atoms. The van der Waals surface area contributed by atoms with Gasteiger partial charge in [0.25, 0.3) is 0 Å². The summed E-state index contributed by atoms with van der Waals surface area (Å²) in [6.45, 7) is 1.63. The summed E-state index contributed by atoms with van der Waals surface area (Å²) in [5.74, 6) is 0.177. The van der Waals surface area contributed by atoms with Gasteiger partial charge in [0, 0.05) is 12.6 Å². The Morgan fingerprint density at radius 2 is 2.28 bits per heavy atom. The Kier molecular flexibility index (Phi) is 4.10. The maximum absolute atomic E-state index is 13.6. The summed E-state index contributed by atoms with van der Waals surface area (Å²) in [5, 5.41) is 0.106. The number of methoxy groups -OCH3 is 1. The van der Waals surface area contributed by atoms with Crippen LogP contribution in [0.25, 0.3) is 0 Å². The highest BCUT2D eigenvalue weighted by molar-refractivity contribution is 6.31. The number of likely N-dealkylation sites (tertiary alicyclic amines) is 1. The molecule has 0 saturated carbocycles. The van der Waals surface area contributed by atoms with E-state index in [4.69, 9.17) is 22.1 Å². The van der Waals surface area contributed by atoms with E-state index in [2.05, 4.69) is 4.90 Å². The zero-order valence-corrected chi connectivity index (χ0v) is 11.4. The van der Waals surface area contributed by atoms with E-state index >= 15 is 0 Å². The number of rotatable bonds is 3. The van der Waals surface area contributed by atoms with E-state index < -0.39 is 5.82 Å². The maximum atomic E-state index is 13.6. The minimum atomic E-state index is -0.501. The molecule has 1 aromatic rings. The minimum Gasteiger partial charge on any atom is -0.494 e. The lowest BCUT2D eigenvalue weighted by molar-refractivity contribution is 0.311. The molecule has 2 rings (SSSR count). The normalized spacial score (nSPS) is 24.5. The van der Waals surface area contributed by atoms with E-state index in [0.29, 0.717) is 12.5 Å². The largest absolute Gasteiger partial charge is 0.494 e. The summed E-state index contributed by atoms with van der Waals surface area (Å²) >= 11 is 5.90. The standard InChI is InChI=1S/C13H18ClFN2O/c1-17-7-8(6-16)3-11(17)9-4-10(14)13(15)12(5-9)18-2/h4-5,8,11H,3,6-7,16H2,1-2H3. The van der Waals surface area contributed by atoms with Crippen molar-refractivity contribution in [3.05, 3.63) is 28.5 Å². The van der Waals surface area contributed by atoms with E-state index in [1.165, 1.54) is 7.11 Å². The Labute approximate surface area is 112 Å². The molecule has 0 aromatic heterocycles. The smallest absolute Gasteiger partial charge is 0.183 e. The number of halogens is 2. The fourth-order valence-electron chi connectivity index (χ4n) is 2.59. The number of nitrogens with zero attached hydrogens (tertiary/aromatic N) is 1. The average Bonchev–Trinajstić information content (AvgIpc) is 2.74. The average molecular weight is 273 g/mol. The number of benzene rings is 1. The van der Waals surface area contributed by atoms with E-state index in [1.807, 2.05) is 7.05 Å². The highest BCUT2D eigenvalue weighted by atomic mass is 35.5. The molecule has 1 aliphatic rings. The summed E-state index contributed by atoms with van der Waals surface area (Å²) in [7, 11) is 3.49. The highest BCUT2D eigenvalue weighted by Gasteiger charge is 2.30. The molecule has 1 saturated heterocycles. The van der Waals surface area contributed by atoms with E-state index in [0.717, 1.165) is 18.5 Å². The molecule has 0 radical (unpaired) electrons. The van der Waals surface area contributed by atoms with Gasteiger partial charge >= 0.3 is 0 Å². The van der Waals surface area contributed by atoms with Gasteiger partial charge in [-0.05, 0) is 43.6 Å². The Morgan fingerprint density at radius 1 is 1.56 bits per heavy atom. The molecular formula is C13H18ClFN2O. The van der Waals surface area contributed by atoms with Crippen LogP contribution in [0.4, 0.5) is 4.39 Å². The van der Waals surface area contributed by atoms with Crippen molar-refractivity contribution in [2.45, 2.75) is 12.5 Å². The van der Waals surface area contributed by atoms with Crippen LogP contribution in [0.15, 0.2) is 12.1 Å². The van der Waals surface area contributed by atoms with Gasteiger partial charge in [-0.25, -0.2) is 4.39 Å². The zero-order chi connectivity index (χ0) is 13.3. The fraction of sp³-hybridized carbons (Fsp3) is 0.538. The molecule has 5 heteroatoms. The van der Waals surface area contributed by atoms with E-state index in [9.17, 15) is 4.39 Å². The molecule has 0 amide bonds. The highest BCUT2D eigenvalue weighted by Crippen LogP contribution is 2.37. The quantitative estimate of drug-likeness (QED) is 0.919. The van der Waals surface area contributed by atoms with Gasteiger partial charge in [-0.2, -0.15) is 0 Å². The van der Waals surface area contributed by atoms with Crippen LogP contribution < -0.4 is 10.5 Å². The summed E-state index contributed by atoms with van der Waals surface area (Å²) in [4.78, 5) is 2.22. The van der Waals surface area contributed by atoms with Crippen molar-refractivity contribution < 1.29 is 9.13 Å². The third-order valence-electron chi connectivity index (χ3n) is 3.59. The summed E-state index contributed by atoms with van der Waals surface area (Å²) in [6, 6.07) is 3.63. The van der Waals surface area contributed by atoms with Crippen molar-refractivity contribution in [3.8, 4) is 5.75 Å².